The number of fused-ring (bicyclic) bond motifs is 1. The Morgan fingerprint density at radius 2 is 2.30 bits per heavy atom. The molecule has 23 heavy (non-hydrogen) atoms. The van der Waals surface area contributed by atoms with E-state index in [1.54, 1.807) is 6.20 Å². The van der Waals surface area contributed by atoms with Crippen LogP contribution in [0.4, 0.5) is 0 Å². The van der Waals surface area contributed by atoms with Crippen LogP contribution in [0.1, 0.15) is 23.3 Å². The Bertz CT molecular complexity index is 605. The molecule has 5 heteroatoms. The van der Waals surface area contributed by atoms with Crippen molar-refractivity contribution in [1.82, 2.24) is 9.88 Å². The average molecular weight is 330 g/mol. The smallest absolute Gasteiger partial charge is 0.0992 e. The third kappa shape index (κ3) is 3.48. The minimum Gasteiger partial charge on any atom is -0.373 e. The lowest BCUT2D eigenvalue weighted by atomic mass is 10.1. The van der Waals surface area contributed by atoms with Crippen molar-refractivity contribution in [2.24, 2.45) is 0 Å². The molecule has 2 aliphatic rings. The third-order valence-corrected chi connectivity index (χ3v) is 5.64. The molecule has 3 atom stereocenters. The number of hydrogen-bond acceptors (Lipinski definition) is 5. The highest BCUT2D eigenvalue weighted by molar-refractivity contribution is 7.09. The number of ether oxygens (including phenoxy) is 2. The van der Waals surface area contributed by atoms with Crippen molar-refractivity contribution >= 4 is 11.3 Å². The van der Waals surface area contributed by atoms with Gasteiger partial charge in [0.15, 0.2) is 0 Å². The van der Waals surface area contributed by atoms with E-state index in [-0.39, 0.29) is 12.2 Å². The lowest BCUT2D eigenvalue weighted by molar-refractivity contribution is -0.118. The molecule has 1 saturated carbocycles. The maximum Gasteiger partial charge on any atom is 0.0992 e. The van der Waals surface area contributed by atoms with E-state index >= 15 is 0 Å². The van der Waals surface area contributed by atoms with Crippen LogP contribution in [-0.2, 0) is 22.6 Å². The van der Waals surface area contributed by atoms with Crippen molar-refractivity contribution < 1.29 is 9.47 Å². The van der Waals surface area contributed by atoms with Gasteiger partial charge in [-0.25, -0.2) is 0 Å². The molecule has 1 saturated heterocycles. The summed E-state index contributed by atoms with van der Waals surface area (Å²) < 4.78 is 12.2. The fourth-order valence-corrected chi connectivity index (χ4v) is 4.39. The van der Waals surface area contributed by atoms with Gasteiger partial charge in [-0.05, 0) is 35.9 Å². The van der Waals surface area contributed by atoms with E-state index in [1.165, 1.54) is 4.88 Å². The maximum absolute atomic E-state index is 6.15. The van der Waals surface area contributed by atoms with Gasteiger partial charge in [-0.15, -0.1) is 11.3 Å². The Kier molecular flexibility index (Phi) is 4.71. The second-order valence-corrected chi connectivity index (χ2v) is 7.27. The third-order valence-electron chi connectivity index (χ3n) is 4.78. The van der Waals surface area contributed by atoms with E-state index in [4.69, 9.17) is 9.47 Å². The summed E-state index contributed by atoms with van der Waals surface area (Å²) in [5.41, 5.74) is 1.13. The minimum atomic E-state index is 0.200. The SMILES string of the molecule is c1cncc(CO[C@@H]2CC[C@@H]3[C@H]2OCCN3Cc2cccs2)c1. The Labute approximate surface area is 141 Å². The zero-order valence-electron chi connectivity index (χ0n) is 13.1. The quantitative estimate of drug-likeness (QED) is 0.844. The number of rotatable bonds is 5. The van der Waals surface area contributed by atoms with Crippen LogP contribution in [0.25, 0.3) is 0 Å². The number of aromatic nitrogens is 1. The zero-order chi connectivity index (χ0) is 15.5. The van der Waals surface area contributed by atoms with Gasteiger partial charge < -0.3 is 9.47 Å². The fourth-order valence-electron chi connectivity index (χ4n) is 3.66. The predicted octanol–water partition coefficient (Wildman–Crippen LogP) is 3.09. The fraction of sp³-hybridized carbons (Fsp3) is 0.500. The molecule has 0 bridgehead atoms. The highest BCUT2D eigenvalue weighted by Crippen LogP contribution is 2.33. The number of thiophene rings is 1. The first kappa shape index (κ1) is 15.3. The van der Waals surface area contributed by atoms with Crippen LogP contribution >= 0.6 is 11.3 Å². The van der Waals surface area contributed by atoms with E-state index in [0.717, 1.165) is 38.1 Å². The Balaban J connectivity index is 1.37. The Morgan fingerprint density at radius 1 is 1.30 bits per heavy atom. The van der Waals surface area contributed by atoms with E-state index in [0.29, 0.717) is 12.6 Å². The molecule has 0 aromatic carbocycles. The first-order valence-electron chi connectivity index (χ1n) is 8.29. The molecule has 0 unspecified atom stereocenters. The van der Waals surface area contributed by atoms with Crippen molar-refractivity contribution in [3.8, 4) is 0 Å². The van der Waals surface area contributed by atoms with E-state index in [1.807, 2.05) is 23.6 Å². The van der Waals surface area contributed by atoms with Crippen LogP contribution in [0.3, 0.4) is 0 Å². The van der Waals surface area contributed by atoms with Crippen LogP contribution in [0.15, 0.2) is 42.0 Å². The number of nitrogens with zero attached hydrogens (tertiary/aromatic N) is 2. The largest absolute Gasteiger partial charge is 0.373 e. The summed E-state index contributed by atoms with van der Waals surface area (Å²) in [5.74, 6) is 0. The van der Waals surface area contributed by atoms with E-state index in [2.05, 4.69) is 33.5 Å². The van der Waals surface area contributed by atoms with Gasteiger partial charge in [0, 0.05) is 36.4 Å². The molecule has 0 amide bonds. The first-order valence-corrected chi connectivity index (χ1v) is 9.16. The highest BCUT2D eigenvalue weighted by atomic mass is 32.1. The summed E-state index contributed by atoms with van der Waals surface area (Å²) in [6.07, 6.45) is 6.32. The molecule has 3 heterocycles. The Morgan fingerprint density at radius 3 is 3.13 bits per heavy atom. The zero-order valence-corrected chi connectivity index (χ0v) is 14.0. The highest BCUT2D eigenvalue weighted by Gasteiger charge is 2.43. The molecule has 0 N–H and O–H groups in total. The van der Waals surface area contributed by atoms with Gasteiger partial charge in [-0.1, -0.05) is 12.1 Å². The van der Waals surface area contributed by atoms with Gasteiger partial charge in [0.2, 0.25) is 0 Å². The summed E-state index contributed by atoms with van der Waals surface area (Å²) in [4.78, 5) is 8.16. The second kappa shape index (κ2) is 7.09. The van der Waals surface area contributed by atoms with Crippen LogP contribution in [0.5, 0.6) is 0 Å². The predicted molar refractivity (Wildman–Crippen MR) is 90.3 cm³/mol. The molecule has 1 aliphatic carbocycles. The molecule has 4 nitrogen and oxygen atoms in total. The summed E-state index contributed by atoms with van der Waals surface area (Å²) in [6, 6.07) is 8.86. The molecule has 2 aromatic heterocycles. The lowest BCUT2D eigenvalue weighted by Gasteiger charge is -2.38. The molecule has 0 spiro atoms. The summed E-state index contributed by atoms with van der Waals surface area (Å²) in [6.45, 7) is 3.49. The molecular weight excluding hydrogens is 308 g/mol. The minimum absolute atomic E-state index is 0.200. The maximum atomic E-state index is 6.15. The lowest BCUT2D eigenvalue weighted by Crippen LogP contribution is -2.51. The topological polar surface area (TPSA) is 34.6 Å². The van der Waals surface area contributed by atoms with Crippen molar-refractivity contribution in [3.63, 3.8) is 0 Å². The molecule has 2 fully saturated rings. The van der Waals surface area contributed by atoms with Crippen LogP contribution in [-0.4, -0.2) is 41.3 Å². The van der Waals surface area contributed by atoms with Crippen LogP contribution in [0, 0.1) is 0 Å². The van der Waals surface area contributed by atoms with Gasteiger partial charge in [0.05, 0.1) is 25.4 Å². The normalized spacial score (nSPS) is 27.9. The molecule has 0 radical (unpaired) electrons. The van der Waals surface area contributed by atoms with Crippen molar-refractivity contribution in [3.05, 3.63) is 52.5 Å². The number of hydrogen-bond donors (Lipinski definition) is 0. The van der Waals surface area contributed by atoms with E-state index in [9.17, 15) is 0 Å². The Hall–Kier alpha value is -1.27. The van der Waals surface area contributed by atoms with Crippen molar-refractivity contribution in [1.29, 1.82) is 0 Å². The van der Waals surface area contributed by atoms with Crippen LogP contribution in [0.2, 0.25) is 0 Å². The first-order chi connectivity index (χ1) is 11.4. The standard InChI is InChI=1S/C18H22N2O2S/c1-3-14(11-19-7-1)13-22-17-6-5-16-18(17)21-9-8-20(16)12-15-4-2-10-23-15/h1-4,7,10-11,16-18H,5-6,8-9,12-13H2/t16-,17-,18-/m1/s1. The monoisotopic (exact) mass is 330 g/mol. The van der Waals surface area contributed by atoms with Gasteiger partial charge in [0.1, 0.15) is 0 Å². The molecule has 1 aliphatic heterocycles. The summed E-state index contributed by atoms with van der Waals surface area (Å²) >= 11 is 1.84. The molecule has 2 aromatic rings. The van der Waals surface area contributed by atoms with E-state index < -0.39 is 0 Å². The summed E-state index contributed by atoms with van der Waals surface area (Å²) in [5, 5.41) is 2.15. The van der Waals surface area contributed by atoms with Gasteiger partial charge in [0.25, 0.3) is 0 Å². The van der Waals surface area contributed by atoms with Gasteiger partial charge in [-0.2, -0.15) is 0 Å². The number of pyridine rings is 1. The summed E-state index contributed by atoms with van der Waals surface area (Å²) in [7, 11) is 0. The van der Waals surface area contributed by atoms with Crippen molar-refractivity contribution in [2.45, 2.75) is 44.2 Å². The van der Waals surface area contributed by atoms with Gasteiger partial charge >= 0.3 is 0 Å². The van der Waals surface area contributed by atoms with Crippen molar-refractivity contribution in [2.75, 3.05) is 13.2 Å². The van der Waals surface area contributed by atoms with Crippen LogP contribution < -0.4 is 0 Å². The average Bonchev–Trinajstić information content (AvgIpc) is 3.24. The molecule has 4 rings (SSSR count). The molecular formula is C18H22N2O2S. The number of morpholine rings is 1. The van der Waals surface area contributed by atoms with Gasteiger partial charge in [-0.3, -0.25) is 9.88 Å². The second-order valence-electron chi connectivity index (χ2n) is 6.24. The molecule has 122 valence electrons.